The first-order valence-corrected chi connectivity index (χ1v) is 9.88. The van der Waals surface area contributed by atoms with Crippen LogP contribution >= 0.6 is 39.3 Å². The first-order valence-electron chi connectivity index (χ1n) is 7.89. The van der Waals surface area contributed by atoms with Crippen molar-refractivity contribution in [3.05, 3.63) is 55.9 Å². The minimum atomic E-state index is -0.204. The normalized spacial score (nSPS) is 16.7. The summed E-state index contributed by atoms with van der Waals surface area (Å²) in [6.07, 6.45) is 1.78. The van der Waals surface area contributed by atoms with E-state index < -0.39 is 0 Å². The lowest BCUT2D eigenvalue weighted by atomic mass is 10.2. The van der Waals surface area contributed by atoms with Crippen LogP contribution in [0.15, 0.2) is 44.7 Å². The summed E-state index contributed by atoms with van der Waals surface area (Å²) < 4.78 is 11.4. The van der Waals surface area contributed by atoms with Crippen LogP contribution in [-0.4, -0.2) is 25.3 Å². The fraction of sp³-hybridized carbons (Fsp3) is 0.158. The number of rotatable bonds is 4. The Morgan fingerprint density at radius 2 is 2.04 bits per heavy atom. The summed E-state index contributed by atoms with van der Waals surface area (Å²) in [4.78, 5) is 17.4. The lowest BCUT2D eigenvalue weighted by Gasteiger charge is -2.10. The average Bonchev–Trinajstić information content (AvgIpc) is 2.97. The molecule has 0 atom stereocenters. The number of nitrogens with one attached hydrogen (secondary N) is 1. The molecule has 27 heavy (non-hydrogen) atoms. The van der Waals surface area contributed by atoms with E-state index in [1.54, 1.807) is 32.4 Å². The van der Waals surface area contributed by atoms with E-state index in [1.807, 2.05) is 25.1 Å². The molecule has 1 aliphatic heterocycles. The number of carbonyl (C=O) groups is 1. The highest BCUT2D eigenvalue weighted by atomic mass is 79.9. The number of ether oxygens (including phenoxy) is 2. The summed E-state index contributed by atoms with van der Waals surface area (Å²) in [6.45, 7) is 1.89. The second-order valence-electron chi connectivity index (χ2n) is 5.60. The average molecular weight is 468 g/mol. The van der Waals surface area contributed by atoms with Gasteiger partial charge in [-0.1, -0.05) is 17.7 Å². The Hall–Kier alpha value is -1.96. The minimum absolute atomic E-state index is 0.204. The maximum atomic E-state index is 12.3. The van der Waals surface area contributed by atoms with Gasteiger partial charge in [0.1, 0.15) is 0 Å². The molecule has 0 aromatic heterocycles. The van der Waals surface area contributed by atoms with Crippen molar-refractivity contribution in [2.75, 3.05) is 14.2 Å². The van der Waals surface area contributed by atoms with Crippen LogP contribution < -0.4 is 14.8 Å². The van der Waals surface area contributed by atoms with Crippen LogP contribution in [0.1, 0.15) is 11.1 Å². The molecule has 140 valence electrons. The number of nitrogens with zero attached hydrogens (tertiary/aromatic N) is 1. The Kier molecular flexibility index (Phi) is 6.14. The van der Waals surface area contributed by atoms with Crippen molar-refractivity contribution in [1.29, 1.82) is 0 Å². The Labute approximate surface area is 174 Å². The predicted molar refractivity (Wildman–Crippen MR) is 114 cm³/mol. The third kappa shape index (κ3) is 4.31. The zero-order valence-corrected chi connectivity index (χ0v) is 18.0. The summed E-state index contributed by atoms with van der Waals surface area (Å²) in [6, 6.07) is 9.16. The standard InChI is InChI=1S/C19H16BrClN2O3S/c1-10-13(21)5-4-6-14(10)22-19-23-18(24)16(27-19)9-11-7-12(20)17(26-3)15(8-11)25-2/h4-9H,1-3H3,(H,22,23,24). The van der Waals surface area contributed by atoms with Gasteiger partial charge in [0.05, 0.1) is 29.3 Å². The number of thioether (sulfide) groups is 1. The zero-order chi connectivity index (χ0) is 19.6. The summed E-state index contributed by atoms with van der Waals surface area (Å²) in [7, 11) is 3.14. The number of amidine groups is 1. The second-order valence-corrected chi connectivity index (χ2v) is 7.90. The van der Waals surface area contributed by atoms with Gasteiger partial charge in [0.2, 0.25) is 0 Å². The lowest BCUT2D eigenvalue weighted by molar-refractivity contribution is -0.115. The van der Waals surface area contributed by atoms with Crippen LogP contribution in [0.5, 0.6) is 11.5 Å². The Balaban J connectivity index is 1.91. The topological polar surface area (TPSA) is 59.9 Å². The molecular weight excluding hydrogens is 452 g/mol. The van der Waals surface area contributed by atoms with Crippen molar-refractivity contribution in [3.8, 4) is 11.5 Å². The molecule has 1 fully saturated rings. The van der Waals surface area contributed by atoms with Crippen LogP contribution in [0.25, 0.3) is 6.08 Å². The highest BCUT2D eigenvalue weighted by Crippen LogP contribution is 2.38. The first kappa shape index (κ1) is 19.8. The number of hydrogen-bond donors (Lipinski definition) is 1. The van der Waals surface area contributed by atoms with E-state index in [4.69, 9.17) is 21.1 Å². The zero-order valence-electron chi connectivity index (χ0n) is 14.8. The summed E-state index contributed by atoms with van der Waals surface area (Å²) in [5.41, 5.74) is 2.39. The van der Waals surface area contributed by atoms with Crippen molar-refractivity contribution in [2.24, 2.45) is 4.99 Å². The smallest absolute Gasteiger partial charge is 0.264 e. The van der Waals surface area contributed by atoms with E-state index in [0.717, 1.165) is 21.3 Å². The van der Waals surface area contributed by atoms with Crippen molar-refractivity contribution in [3.63, 3.8) is 0 Å². The van der Waals surface area contributed by atoms with Crippen molar-refractivity contribution in [1.82, 2.24) is 5.32 Å². The van der Waals surface area contributed by atoms with Gasteiger partial charge in [-0.05, 0) is 76.1 Å². The van der Waals surface area contributed by atoms with Gasteiger partial charge < -0.3 is 14.8 Å². The van der Waals surface area contributed by atoms with Gasteiger partial charge in [-0.15, -0.1) is 0 Å². The molecule has 5 nitrogen and oxygen atoms in total. The molecule has 2 aromatic rings. The van der Waals surface area contributed by atoms with E-state index in [1.165, 1.54) is 11.8 Å². The van der Waals surface area contributed by atoms with E-state index in [0.29, 0.717) is 26.6 Å². The summed E-state index contributed by atoms with van der Waals surface area (Å²) >= 11 is 10.9. The molecule has 3 rings (SSSR count). The van der Waals surface area contributed by atoms with Gasteiger partial charge in [0.25, 0.3) is 5.91 Å². The molecule has 0 aliphatic carbocycles. The molecule has 0 spiro atoms. The van der Waals surface area contributed by atoms with Crippen LogP contribution in [-0.2, 0) is 4.79 Å². The van der Waals surface area contributed by atoms with Gasteiger partial charge in [-0.25, -0.2) is 4.99 Å². The molecule has 8 heteroatoms. The van der Waals surface area contributed by atoms with E-state index in [2.05, 4.69) is 26.2 Å². The minimum Gasteiger partial charge on any atom is -0.493 e. The van der Waals surface area contributed by atoms with Gasteiger partial charge in [-0.2, -0.15) is 0 Å². The van der Waals surface area contributed by atoms with Crippen molar-refractivity contribution < 1.29 is 14.3 Å². The number of halogens is 2. The Bertz CT molecular complexity index is 976. The van der Waals surface area contributed by atoms with E-state index in [9.17, 15) is 4.79 Å². The SMILES string of the molecule is COc1cc(C=C2SC(=Nc3cccc(Cl)c3C)NC2=O)cc(Br)c1OC. The third-order valence-electron chi connectivity index (χ3n) is 3.87. The fourth-order valence-electron chi connectivity index (χ4n) is 2.48. The number of benzene rings is 2. The quantitative estimate of drug-likeness (QED) is 0.618. The maximum Gasteiger partial charge on any atom is 0.264 e. The molecule has 1 aliphatic rings. The summed E-state index contributed by atoms with van der Waals surface area (Å²) in [5, 5.41) is 3.93. The highest BCUT2D eigenvalue weighted by Gasteiger charge is 2.24. The van der Waals surface area contributed by atoms with E-state index >= 15 is 0 Å². The molecule has 0 saturated carbocycles. The highest BCUT2D eigenvalue weighted by molar-refractivity contribution is 9.10. The van der Waals surface area contributed by atoms with Gasteiger partial charge in [0, 0.05) is 5.02 Å². The summed E-state index contributed by atoms with van der Waals surface area (Å²) in [5.74, 6) is 0.969. The van der Waals surface area contributed by atoms with Crippen LogP contribution in [0, 0.1) is 6.92 Å². The number of hydrogen-bond acceptors (Lipinski definition) is 5. The molecule has 2 aromatic carbocycles. The molecule has 0 radical (unpaired) electrons. The fourth-order valence-corrected chi connectivity index (χ4v) is 4.11. The molecule has 1 saturated heterocycles. The molecule has 1 N–H and O–H groups in total. The number of aliphatic imine (C=N–C) groups is 1. The number of amides is 1. The first-order chi connectivity index (χ1) is 12.9. The van der Waals surface area contributed by atoms with E-state index in [-0.39, 0.29) is 5.91 Å². The van der Waals surface area contributed by atoms with Crippen LogP contribution in [0.4, 0.5) is 5.69 Å². The number of carbonyl (C=O) groups excluding carboxylic acids is 1. The largest absolute Gasteiger partial charge is 0.493 e. The van der Waals surface area contributed by atoms with Crippen molar-refractivity contribution in [2.45, 2.75) is 6.92 Å². The van der Waals surface area contributed by atoms with Crippen LogP contribution in [0.2, 0.25) is 5.02 Å². The maximum absolute atomic E-state index is 12.3. The molecule has 0 unspecified atom stereocenters. The predicted octanol–water partition coefficient (Wildman–Crippen LogP) is 5.32. The van der Waals surface area contributed by atoms with Gasteiger partial charge in [-0.3, -0.25) is 4.79 Å². The second kappa shape index (κ2) is 8.37. The Morgan fingerprint density at radius 1 is 1.26 bits per heavy atom. The van der Waals surface area contributed by atoms with Crippen LogP contribution in [0.3, 0.4) is 0 Å². The Morgan fingerprint density at radius 3 is 2.74 bits per heavy atom. The van der Waals surface area contributed by atoms with Crippen molar-refractivity contribution >= 4 is 62.1 Å². The molecule has 1 amide bonds. The monoisotopic (exact) mass is 466 g/mol. The lowest BCUT2D eigenvalue weighted by Crippen LogP contribution is -2.19. The molecule has 0 bridgehead atoms. The molecular formula is C19H16BrClN2O3S. The van der Waals surface area contributed by atoms with Gasteiger partial charge >= 0.3 is 0 Å². The third-order valence-corrected chi connectivity index (χ3v) is 5.77. The van der Waals surface area contributed by atoms with Gasteiger partial charge in [0.15, 0.2) is 16.7 Å². The molecule has 1 heterocycles. The number of methoxy groups -OCH3 is 2.